The van der Waals surface area contributed by atoms with E-state index in [2.05, 4.69) is 11.4 Å². The van der Waals surface area contributed by atoms with Crippen molar-refractivity contribution in [3.63, 3.8) is 0 Å². The lowest BCUT2D eigenvalue weighted by Crippen LogP contribution is -2.55. The second-order valence-corrected chi connectivity index (χ2v) is 17.1. The normalized spacial score (nSPS) is 27.4. The first-order chi connectivity index (χ1) is 27.6. The minimum absolute atomic E-state index is 0.0136. The highest BCUT2D eigenvalue weighted by Crippen LogP contribution is 2.45. The Morgan fingerprint density at radius 2 is 1.79 bits per heavy atom. The number of primary amides is 1. The van der Waals surface area contributed by atoms with Crippen molar-refractivity contribution in [3.05, 3.63) is 66.7 Å². The van der Waals surface area contributed by atoms with Gasteiger partial charge in [-0.3, -0.25) is 23.4 Å². The van der Waals surface area contributed by atoms with Crippen molar-refractivity contribution >= 4 is 45.6 Å². The van der Waals surface area contributed by atoms with Gasteiger partial charge in [-0.2, -0.15) is 0 Å². The van der Waals surface area contributed by atoms with Crippen molar-refractivity contribution in [2.24, 2.45) is 17.6 Å². The molecule has 1 aromatic heterocycles. The molecule has 2 saturated carbocycles. The van der Waals surface area contributed by atoms with E-state index in [0.717, 1.165) is 62.3 Å². The van der Waals surface area contributed by atoms with Crippen molar-refractivity contribution in [1.29, 1.82) is 0 Å². The summed E-state index contributed by atoms with van der Waals surface area (Å²) >= 11 is -1.76. The number of allylic oxidation sites excluding steroid dienone is 1. The topological polar surface area (TPSA) is 184 Å². The molecule has 2 saturated heterocycles. The molecule has 3 aromatic rings. The zero-order valence-corrected chi connectivity index (χ0v) is 33.3. The van der Waals surface area contributed by atoms with Crippen LogP contribution >= 0.6 is 0 Å². The van der Waals surface area contributed by atoms with Crippen LogP contribution in [0.15, 0.2) is 66.7 Å². The number of fused-ring (bicyclic) bond motifs is 3. The molecule has 5 aliphatic rings. The summed E-state index contributed by atoms with van der Waals surface area (Å²) in [6, 6.07) is 16.4. The first-order valence-electron chi connectivity index (χ1n) is 20.2. The zero-order chi connectivity index (χ0) is 40.1. The molecule has 4 fully saturated rings. The smallest absolute Gasteiger partial charge is 0.243 e. The van der Waals surface area contributed by atoms with Gasteiger partial charge in [0.2, 0.25) is 23.6 Å². The number of carbonyl (C=O) groups is 4. The first kappa shape index (κ1) is 40.4. The Bertz CT molecular complexity index is 2020. The van der Waals surface area contributed by atoms with E-state index in [4.69, 9.17) is 20.2 Å². The number of likely N-dealkylation sites (tertiary alicyclic amines) is 1. The molecule has 3 aliphatic heterocycles. The molecule has 0 bridgehead atoms. The number of nitrogens with two attached hydrogens (primary N) is 1. The predicted molar refractivity (Wildman–Crippen MR) is 215 cm³/mol. The Labute approximate surface area is 336 Å². The quantitative estimate of drug-likeness (QED) is 0.239. The minimum Gasteiger partial charge on any atom is -0.772 e. The van der Waals surface area contributed by atoms with Crippen LogP contribution in [0.3, 0.4) is 0 Å². The number of ether oxygens (including phenoxy) is 2. The molecule has 3 N–H and O–H groups in total. The lowest BCUT2D eigenvalue weighted by Gasteiger charge is -2.29. The van der Waals surface area contributed by atoms with Crippen LogP contribution in [-0.2, 0) is 30.3 Å². The number of rotatable bonds is 8. The van der Waals surface area contributed by atoms with Crippen molar-refractivity contribution < 1.29 is 37.4 Å². The number of carbonyl (C=O) groups excluding carboxylic acids is 4. The molecule has 304 valence electrons. The number of methoxy groups -OCH3 is 1. The number of nitrogens with one attached hydrogen (secondary N) is 1. The van der Waals surface area contributed by atoms with Crippen molar-refractivity contribution in [2.75, 3.05) is 26.7 Å². The van der Waals surface area contributed by atoms with Crippen LogP contribution in [0.1, 0.15) is 77.0 Å². The average Bonchev–Trinajstić information content (AvgIpc) is 4.07. The van der Waals surface area contributed by atoms with Gasteiger partial charge < -0.3 is 34.9 Å². The van der Waals surface area contributed by atoms with Gasteiger partial charge in [-0.05, 0) is 63.5 Å². The number of hydrogen-bond acceptors (Lipinski definition) is 9. The number of amides is 4. The molecule has 0 radical (unpaired) electrons. The van der Waals surface area contributed by atoms with Crippen molar-refractivity contribution in [3.8, 4) is 22.8 Å². The van der Waals surface area contributed by atoms with Crippen LogP contribution in [0.5, 0.6) is 11.5 Å². The average molecular weight is 799 g/mol. The van der Waals surface area contributed by atoms with E-state index in [1.54, 1.807) is 12.0 Å². The fourth-order valence-electron chi connectivity index (χ4n) is 8.23. The summed E-state index contributed by atoms with van der Waals surface area (Å²) in [4.78, 5) is 63.3. The molecule has 14 heteroatoms. The Hall–Kier alpha value is -4.82. The van der Waals surface area contributed by atoms with Crippen molar-refractivity contribution in [1.82, 2.24) is 20.1 Å². The third kappa shape index (κ3) is 9.50. The molecular weight excluding hydrogens is 747 g/mol. The number of benzene rings is 2. The van der Waals surface area contributed by atoms with Gasteiger partial charge in [-0.1, -0.05) is 66.4 Å². The monoisotopic (exact) mass is 798 g/mol. The first-order valence-corrected chi connectivity index (χ1v) is 21.4. The largest absolute Gasteiger partial charge is 0.772 e. The molecule has 0 spiro atoms. The van der Waals surface area contributed by atoms with E-state index in [1.807, 2.05) is 65.6 Å². The van der Waals surface area contributed by atoms with Gasteiger partial charge in [0.15, 0.2) is 0 Å². The van der Waals surface area contributed by atoms with Crippen LogP contribution < -0.4 is 20.5 Å². The highest BCUT2D eigenvalue weighted by atomic mass is 32.2. The zero-order valence-electron chi connectivity index (χ0n) is 32.4. The maximum atomic E-state index is 14.6. The van der Waals surface area contributed by atoms with E-state index >= 15 is 0 Å². The number of pyridine rings is 1. The van der Waals surface area contributed by atoms with Gasteiger partial charge in [0.05, 0.1) is 24.9 Å². The Kier molecular flexibility index (Phi) is 12.6. The fourth-order valence-corrected chi connectivity index (χ4v) is 8.75. The van der Waals surface area contributed by atoms with Gasteiger partial charge in [0.1, 0.15) is 29.2 Å². The van der Waals surface area contributed by atoms with Crippen LogP contribution in [-0.4, -0.2) is 96.9 Å². The summed E-state index contributed by atoms with van der Waals surface area (Å²) < 4.78 is 31.7. The third-order valence-electron chi connectivity index (χ3n) is 11.8. The molecule has 1 unspecified atom stereocenters. The second-order valence-electron chi connectivity index (χ2n) is 15.9. The standard InChI is InChI=1S/C40H47N5O6.C3H6O2S/c1-50-29-16-17-31-33(21-29)42-32(26-12-7-5-8-13-26)23-35(31)51-30-22-34-37(47)43-40(39(41)49)24-28(40)15-9-4-2-3-6-14-27(38(48)45(34)25-30)20-36(46)44-18-10-11-19-44;4-6(5)3-1-2-3/h5,7-9,12-13,15-17,21,23,27-28,30,34H,2-4,6,10-11,14,18-20,22,24-25H2,1H3,(H2,41,49)(H,43,47);3H,1-2H2,(H,4,5)/p-1/b15-9-;/t27-,28-,30-,34+,40-;/m1./s1. The van der Waals surface area contributed by atoms with E-state index < -0.39 is 46.5 Å². The molecule has 4 amide bonds. The van der Waals surface area contributed by atoms with Crippen LogP contribution in [0, 0.1) is 11.8 Å². The number of nitrogens with zero attached hydrogens (tertiary/aromatic N) is 3. The number of aromatic nitrogens is 1. The fraction of sp³-hybridized carbons (Fsp3) is 0.512. The summed E-state index contributed by atoms with van der Waals surface area (Å²) in [5, 5.41) is 3.76. The molecule has 57 heavy (non-hydrogen) atoms. The lowest BCUT2D eigenvalue weighted by atomic mass is 9.94. The van der Waals surface area contributed by atoms with E-state index in [-0.39, 0.29) is 42.4 Å². The maximum Gasteiger partial charge on any atom is 0.243 e. The summed E-state index contributed by atoms with van der Waals surface area (Å²) in [7, 11) is 1.61. The van der Waals surface area contributed by atoms with E-state index in [0.29, 0.717) is 48.6 Å². The Balaban J connectivity index is 0.000000757. The predicted octanol–water partition coefficient (Wildman–Crippen LogP) is 4.80. The van der Waals surface area contributed by atoms with Crippen molar-refractivity contribution in [2.45, 2.75) is 100.0 Å². The molecule has 2 aliphatic carbocycles. The molecular formula is C43H52N5O8S-. The highest BCUT2D eigenvalue weighted by molar-refractivity contribution is 7.80. The molecule has 13 nitrogen and oxygen atoms in total. The summed E-state index contributed by atoms with van der Waals surface area (Å²) in [5.74, 6) is -0.778. The van der Waals surface area contributed by atoms with Gasteiger partial charge in [0.25, 0.3) is 0 Å². The highest BCUT2D eigenvalue weighted by Gasteiger charge is 2.60. The summed E-state index contributed by atoms with van der Waals surface area (Å²) in [6.07, 6.45) is 12.0. The Morgan fingerprint density at radius 3 is 2.47 bits per heavy atom. The SMILES string of the molecule is COc1ccc2c(O[C@@H]3C[C@H]4C(=O)N[C@]5(C(N)=O)C[C@H]5/C=C\CCCCC[C@H](CC(=O)N5CCCC5)C(=O)N4C3)cc(-c3ccccc3)nc2c1.O=S([O-])C1CC1. The summed E-state index contributed by atoms with van der Waals surface area (Å²) in [6.45, 7) is 1.58. The van der Waals surface area contributed by atoms with E-state index in [1.165, 1.54) is 0 Å². The van der Waals surface area contributed by atoms with Gasteiger partial charge in [-0.25, -0.2) is 4.98 Å². The number of hydrogen-bond donors (Lipinski definition) is 2. The minimum atomic E-state index is -1.76. The lowest BCUT2D eigenvalue weighted by molar-refractivity contribution is -0.145. The van der Waals surface area contributed by atoms with Gasteiger partial charge in [-0.15, -0.1) is 0 Å². The molecule has 8 rings (SSSR count). The Morgan fingerprint density at radius 1 is 1.02 bits per heavy atom. The molecule has 6 atom stereocenters. The van der Waals surface area contributed by atoms with Crippen LogP contribution in [0.2, 0.25) is 0 Å². The summed E-state index contributed by atoms with van der Waals surface area (Å²) in [5.41, 5.74) is 7.01. The van der Waals surface area contributed by atoms with E-state index in [9.17, 15) is 27.9 Å². The maximum absolute atomic E-state index is 14.6. The molecule has 4 heterocycles. The van der Waals surface area contributed by atoms with Crippen LogP contribution in [0.4, 0.5) is 0 Å². The van der Waals surface area contributed by atoms with Gasteiger partial charge in [0, 0.05) is 66.1 Å². The molecule has 2 aromatic carbocycles. The second kappa shape index (κ2) is 17.8. The van der Waals surface area contributed by atoms with Gasteiger partial charge >= 0.3 is 0 Å². The third-order valence-corrected chi connectivity index (χ3v) is 12.8. The van der Waals surface area contributed by atoms with Crippen LogP contribution in [0.25, 0.3) is 22.2 Å².